The van der Waals surface area contributed by atoms with E-state index in [4.69, 9.17) is 10.5 Å². The third kappa shape index (κ3) is 3.30. The van der Waals surface area contributed by atoms with Crippen LogP contribution < -0.4 is 10.5 Å². The number of carbonyl (C=O) groups is 1. The second kappa shape index (κ2) is 5.97. The van der Waals surface area contributed by atoms with Crippen LogP contribution in [0, 0.1) is 0 Å². The Morgan fingerprint density at radius 3 is 2.70 bits per heavy atom. The van der Waals surface area contributed by atoms with E-state index in [1.807, 2.05) is 0 Å². The first-order valence-electron chi connectivity index (χ1n) is 7.10. The van der Waals surface area contributed by atoms with Crippen LogP contribution in [0.2, 0.25) is 0 Å². The Morgan fingerprint density at radius 2 is 2.15 bits per heavy atom. The van der Waals surface area contributed by atoms with E-state index in [0.29, 0.717) is 19.4 Å². The standard InChI is InChI=1S/C12H23N3O4S/c1-2-19-11(16)10-5-3-8-15(10)20(17,18)14-9-12(13)6-4-7-12/h10,14H,2-9,13H2,1H3. The molecule has 2 rings (SSSR count). The Labute approximate surface area is 120 Å². The summed E-state index contributed by atoms with van der Waals surface area (Å²) in [5.74, 6) is -0.471. The molecule has 0 radical (unpaired) electrons. The summed E-state index contributed by atoms with van der Waals surface area (Å²) in [7, 11) is -3.68. The molecule has 1 saturated carbocycles. The highest BCUT2D eigenvalue weighted by Crippen LogP contribution is 2.29. The first kappa shape index (κ1) is 15.7. The van der Waals surface area contributed by atoms with Crippen molar-refractivity contribution < 1.29 is 17.9 Å². The van der Waals surface area contributed by atoms with Gasteiger partial charge in [-0.15, -0.1) is 0 Å². The zero-order valence-electron chi connectivity index (χ0n) is 11.8. The van der Waals surface area contributed by atoms with Gasteiger partial charge in [0, 0.05) is 18.6 Å². The molecule has 3 N–H and O–H groups in total. The first-order valence-corrected chi connectivity index (χ1v) is 8.54. The smallest absolute Gasteiger partial charge is 0.324 e. The molecule has 1 atom stereocenters. The van der Waals surface area contributed by atoms with Crippen molar-refractivity contribution >= 4 is 16.2 Å². The Balaban J connectivity index is 1.98. The Kier molecular flexibility index (Phi) is 4.68. The molecule has 8 heteroatoms. The van der Waals surface area contributed by atoms with E-state index in [1.54, 1.807) is 6.92 Å². The van der Waals surface area contributed by atoms with Gasteiger partial charge in [0.2, 0.25) is 0 Å². The summed E-state index contributed by atoms with van der Waals surface area (Å²) < 4.78 is 33.2. The second-order valence-electron chi connectivity index (χ2n) is 5.56. The number of hydrogen-bond acceptors (Lipinski definition) is 5. The van der Waals surface area contributed by atoms with Gasteiger partial charge in [-0.1, -0.05) is 0 Å². The normalized spacial score (nSPS) is 26.2. The van der Waals surface area contributed by atoms with E-state index < -0.39 is 27.8 Å². The lowest BCUT2D eigenvalue weighted by atomic mass is 9.78. The van der Waals surface area contributed by atoms with Gasteiger partial charge < -0.3 is 10.5 Å². The van der Waals surface area contributed by atoms with E-state index in [9.17, 15) is 13.2 Å². The number of hydrogen-bond donors (Lipinski definition) is 2. The minimum Gasteiger partial charge on any atom is -0.465 e. The molecule has 0 aromatic heterocycles. The maximum Gasteiger partial charge on any atom is 0.324 e. The molecule has 116 valence electrons. The molecule has 1 heterocycles. The van der Waals surface area contributed by atoms with Crippen molar-refractivity contribution in [2.75, 3.05) is 19.7 Å². The van der Waals surface area contributed by atoms with Crippen LogP contribution in [0.5, 0.6) is 0 Å². The van der Waals surface area contributed by atoms with Gasteiger partial charge in [-0.2, -0.15) is 12.7 Å². The highest BCUT2D eigenvalue weighted by atomic mass is 32.2. The van der Waals surface area contributed by atoms with Crippen LogP contribution in [-0.2, 0) is 19.7 Å². The minimum atomic E-state index is -3.68. The third-order valence-corrected chi connectivity index (χ3v) is 5.59. The van der Waals surface area contributed by atoms with Gasteiger partial charge in [-0.3, -0.25) is 4.79 Å². The van der Waals surface area contributed by atoms with Crippen molar-refractivity contribution in [2.24, 2.45) is 5.73 Å². The number of carbonyl (C=O) groups excluding carboxylic acids is 1. The maximum atomic E-state index is 12.3. The predicted octanol–water partition coefficient (Wildman–Crippen LogP) is -0.270. The number of esters is 1. The Morgan fingerprint density at radius 1 is 1.45 bits per heavy atom. The lowest BCUT2D eigenvalue weighted by Crippen LogP contribution is -2.57. The van der Waals surface area contributed by atoms with E-state index in [1.165, 1.54) is 4.31 Å². The average molecular weight is 305 g/mol. The lowest BCUT2D eigenvalue weighted by molar-refractivity contribution is -0.146. The highest BCUT2D eigenvalue weighted by molar-refractivity contribution is 7.87. The number of rotatable bonds is 6. The average Bonchev–Trinajstić information content (AvgIpc) is 2.84. The molecule has 1 aliphatic heterocycles. The quantitative estimate of drug-likeness (QED) is 0.658. The Hall–Kier alpha value is -0.700. The van der Waals surface area contributed by atoms with Crippen molar-refractivity contribution in [3.63, 3.8) is 0 Å². The van der Waals surface area contributed by atoms with Gasteiger partial charge in [-0.25, -0.2) is 4.72 Å². The molecule has 0 aromatic rings. The van der Waals surface area contributed by atoms with Crippen LogP contribution in [0.4, 0.5) is 0 Å². The topological polar surface area (TPSA) is 102 Å². The molecule has 2 fully saturated rings. The van der Waals surface area contributed by atoms with Crippen molar-refractivity contribution in [3.05, 3.63) is 0 Å². The van der Waals surface area contributed by atoms with E-state index in [0.717, 1.165) is 19.3 Å². The third-order valence-electron chi connectivity index (χ3n) is 4.03. The molecule has 20 heavy (non-hydrogen) atoms. The zero-order chi connectivity index (χ0) is 14.8. The summed E-state index contributed by atoms with van der Waals surface area (Å²) in [6, 6.07) is -0.706. The maximum absolute atomic E-state index is 12.3. The van der Waals surface area contributed by atoms with Crippen molar-refractivity contribution in [2.45, 2.75) is 50.6 Å². The fourth-order valence-corrected chi connectivity index (χ4v) is 4.16. The van der Waals surface area contributed by atoms with Gasteiger partial charge >= 0.3 is 5.97 Å². The summed E-state index contributed by atoms with van der Waals surface area (Å²) in [6.45, 7) is 2.53. The van der Waals surface area contributed by atoms with Gasteiger partial charge in [-0.05, 0) is 39.0 Å². The van der Waals surface area contributed by atoms with Gasteiger partial charge in [0.05, 0.1) is 6.61 Å². The number of nitrogens with zero attached hydrogens (tertiary/aromatic N) is 1. The van der Waals surface area contributed by atoms with Crippen LogP contribution in [0.1, 0.15) is 39.0 Å². The molecule has 0 aromatic carbocycles. The number of nitrogens with one attached hydrogen (secondary N) is 1. The Bertz CT molecular complexity index is 461. The summed E-state index contributed by atoms with van der Waals surface area (Å²) >= 11 is 0. The molecular formula is C12H23N3O4S. The molecule has 0 spiro atoms. The first-order chi connectivity index (χ1) is 9.38. The van der Waals surface area contributed by atoms with E-state index in [2.05, 4.69) is 4.72 Å². The number of ether oxygens (including phenoxy) is 1. The van der Waals surface area contributed by atoms with Gasteiger partial charge in [0.25, 0.3) is 10.2 Å². The van der Waals surface area contributed by atoms with Crippen molar-refractivity contribution in [1.29, 1.82) is 0 Å². The van der Waals surface area contributed by atoms with Crippen LogP contribution in [0.15, 0.2) is 0 Å². The molecule has 0 amide bonds. The van der Waals surface area contributed by atoms with Crippen molar-refractivity contribution in [3.8, 4) is 0 Å². The summed E-state index contributed by atoms with van der Waals surface area (Å²) in [6.07, 6.45) is 3.87. The fraction of sp³-hybridized carbons (Fsp3) is 0.917. The molecule has 0 bridgehead atoms. The fourth-order valence-electron chi connectivity index (χ4n) is 2.63. The van der Waals surface area contributed by atoms with E-state index >= 15 is 0 Å². The number of nitrogens with two attached hydrogens (primary N) is 1. The molecular weight excluding hydrogens is 282 g/mol. The lowest BCUT2D eigenvalue weighted by Gasteiger charge is -2.38. The van der Waals surface area contributed by atoms with Gasteiger partial charge in [0.15, 0.2) is 0 Å². The molecule has 1 aliphatic carbocycles. The second-order valence-corrected chi connectivity index (χ2v) is 7.27. The summed E-state index contributed by atoms with van der Waals surface area (Å²) in [5.41, 5.74) is 5.59. The van der Waals surface area contributed by atoms with Crippen LogP contribution in [0.25, 0.3) is 0 Å². The SMILES string of the molecule is CCOC(=O)C1CCCN1S(=O)(=O)NCC1(N)CCC1. The molecule has 1 saturated heterocycles. The summed E-state index contributed by atoms with van der Waals surface area (Å²) in [4.78, 5) is 11.8. The molecule has 1 unspecified atom stereocenters. The largest absolute Gasteiger partial charge is 0.465 e. The predicted molar refractivity (Wildman–Crippen MR) is 74.1 cm³/mol. The molecule has 7 nitrogen and oxygen atoms in total. The van der Waals surface area contributed by atoms with Crippen molar-refractivity contribution in [1.82, 2.24) is 9.03 Å². The molecule has 2 aliphatic rings. The summed E-state index contributed by atoms with van der Waals surface area (Å²) in [5, 5.41) is 0. The van der Waals surface area contributed by atoms with E-state index in [-0.39, 0.29) is 13.2 Å². The van der Waals surface area contributed by atoms with Crippen LogP contribution >= 0.6 is 0 Å². The zero-order valence-corrected chi connectivity index (χ0v) is 12.6. The minimum absolute atomic E-state index is 0.224. The van der Waals surface area contributed by atoms with Crippen LogP contribution in [0.3, 0.4) is 0 Å². The van der Waals surface area contributed by atoms with Crippen LogP contribution in [-0.4, -0.2) is 50.0 Å². The monoisotopic (exact) mass is 305 g/mol. The van der Waals surface area contributed by atoms with Gasteiger partial charge in [0.1, 0.15) is 6.04 Å². The highest BCUT2D eigenvalue weighted by Gasteiger charge is 2.41.